The minimum Gasteiger partial charge on any atom is -0.497 e. The van der Waals surface area contributed by atoms with Gasteiger partial charge in [0.05, 0.1) is 33.0 Å². The number of rotatable bonds is 9. The van der Waals surface area contributed by atoms with Gasteiger partial charge in [0.15, 0.2) is 8.32 Å². The third-order valence-electron chi connectivity index (χ3n) is 4.66. The van der Waals surface area contributed by atoms with Gasteiger partial charge in [-0.3, -0.25) is 0 Å². The SMILES string of the molecule is COc1ccc(COC/C(C)=C/[C@H](O)CO[Si](C)(C)C(C)(C)C)cc1. The molecule has 0 aliphatic rings. The molecule has 0 spiro atoms. The van der Waals surface area contributed by atoms with Crippen LogP contribution in [0, 0.1) is 0 Å². The Hall–Kier alpha value is -1.14. The molecule has 1 aromatic rings. The molecule has 25 heavy (non-hydrogen) atoms. The molecule has 0 aromatic heterocycles. The minimum absolute atomic E-state index is 0.146. The van der Waals surface area contributed by atoms with Gasteiger partial charge in [-0.1, -0.05) is 39.0 Å². The lowest BCUT2D eigenvalue weighted by atomic mass is 10.2. The maximum absolute atomic E-state index is 10.2. The first-order valence-electron chi connectivity index (χ1n) is 8.75. The van der Waals surface area contributed by atoms with Crippen molar-refractivity contribution in [1.29, 1.82) is 0 Å². The molecule has 0 saturated heterocycles. The van der Waals surface area contributed by atoms with E-state index in [4.69, 9.17) is 13.9 Å². The fourth-order valence-corrected chi connectivity index (χ4v) is 3.01. The first kappa shape index (κ1) is 21.9. The van der Waals surface area contributed by atoms with E-state index in [1.807, 2.05) is 37.3 Å². The molecule has 5 heteroatoms. The molecule has 1 rings (SSSR count). The van der Waals surface area contributed by atoms with Crippen molar-refractivity contribution in [2.75, 3.05) is 20.3 Å². The quantitative estimate of drug-likeness (QED) is 0.515. The maximum Gasteiger partial charge on any atom is 0.192 e. The molecule has 0 saturated carbocycles. The molecule has 1 N–H and O–H groups in total. The Balaban J connectivity index is 2.38. The lowest BCUT2D eigenvalue weighted by Gasteiger charge is -2.36. The number of hydrogen-bond acceptors (Lipinski definition) is 4. The van der Waals surface area contributed by atoms with Crippen molar-refractivity contribution in [3.05, 3.63) is 41.5 Å². The second-order valence-corrected chi connectivity index (χ2v) is 12.8. The van der Waals surface area contributed by atoms with Gasteiger partial charge in [0.1, 0.15) is 5.75 Å². The van der Waals surface area contributed by atoms with E-state index in [1.165, 1.54) is 0 Å². The number of hydrogen-bond donors (Lipinski definition) is 1. The number of aliphatic hydroxyl groups excluding tert-OH is 1. The zero-order valence-corrected chi connectivity index (χ0v) is 17.8. The summed E-state index contributed by atoms with van der Waals surface area (Å²) in [4.78, 5) is 0. The summed E-state index contributed by atoms with van der Waals surface area (Å²) in [6, 6.07) is 7.81. The molecule has 0 amide bonds. The van der Waals surface area contributed by atoms with Gasteiger partial charge < -0.3 is 19.0 Å². The summed E-state index contributed by atoms with van der Waals surface area (Å²) >= 11 is 0. The monoisotopic (exact) mass is 366 g/mol. The Bertz CT molecular complexity index is 544. The lowest BCUT2D eigenvalue weighted by molar-refractivity contribution is 0.126. The lowest BCUT2D eigenvalue weighted by Crippen LogP contribution is -2.42. The second kappa shape index (κ2) is 9.53. The van der Waals surface area contributed by atoms with Crippen LogP contribution >= 0.6 is 0 Å². The molecule has 1 aromatic carbocycles. The number of benzene rings is 1. The molecule has 0 aliphatic heterocycles. The summed E-state index contributed by atoms with van der Waals surface area (Å²) in [5.41, 5.74) is 2.09. The molecule has 0 aliphatic carbocycles. The molecule has 1 atom stereocenters. The summed E-state index contributed by atoms with van der Waals surface area (Å²) in [5.74, 6) is 0.838. The minimum atomic E-state index is -1.83. The average molecular weight is 367 g/mol. The van der Waals surface area contributed by atoms with Crippen molar-refractivity contribution in [2.45, 2.75) is 58.5 Å². The van der Waals surface area contributed by atoms with E-state index in [0.29, 0.717) is 19.8 Å². The van der Waals surface area contributed by atoms with Crippen LogP contribution in [0.25, 0.3) is 0 Å². The van der Waals surface area contributed by atoms with Crippen LogP contribution in [0.4, 0.5) is 0 Å². The predicted molar refractivity (Wildman–Crippen MR) is 106 cm³/mol. The van der Waals surface area contributed by atoms with E-state index in [-0.39, 0.29) is 5.04 Å². The summed E-state index contributed by atoms with van der Waals surface area (Å²) in [7, 11) is -0.174. The number of ether oxygens (including phenoxy) is 2. The van der Waals surface area contributed by atoms with E-state index in [0.717, 1.165) is 16.9 Å². The van der Waals surface area contributed by atoms with Crippen LogP contribution in [0.2, 0.25) is 18.1 Å². The number of methoxy groups -OCH3 is 1. The molecule has 0 bridgehead atoms. The van der Waals surface area contributed by atoms with Gasteiger partial charge >= 0.3 is 0 Å². The molecular weight excluding hydrogens is 332 g/mol. The summed E-state index contributed by atoms with van der Waals surface area (Å²) in [6.45, 7) is 14.3. The van der Waals surface area contributed by atoms with Crippen molar-refractivity contribution in [1.82, 2.24) is 0 Å². The van der Waals surface area contributed by atoms with Gasteiger partial charge in [0, 0.05) is 0 Å². The number of aliphatic hydroxyl groups is 1. The Morgan fingerprint density at radius 3 is 2.32 bits per heavy atom. The summed E-state index contributed by atoms with van der Waals surface area (Å²) in [5, 5.41) is 10.3. The predicted octanol–water partition coefficient (Wildman–Crippen LogP) is 4.54. The molecular formula is C20H34O4Si. The van der Waals surface area contributed by atoms with Gasteiger partial charge in [-0.2, -0.15) is 0 Å². The largest absolute Gasteiger partial charge is 0.497 e. The molecule has 142 valence electrons. The summed E-state index contributed by atoms with van der Waals surface area (Å²) < 4.78 is 16.9. The first-order chi connectivity index (χ1) is 11.5. The van der Waals surface area contributed by atoms with E-state index < -0.39 is 14.4 Å². The highest BCUT2D eigenvalue weighted by atomic mass is 28.4. The fourth-order valence-electron chi connectivity index (χ4n) is 1.99. The summed E-state index contributed by atoms with van der Waals surface area (Å²) in [6.07, 6.45) is 1.22. The zero-order valence-electron chi connectivity index (χ0n) is 16.8. The normalized spacial score (nSPS) is 14.5. The van der Waals surface area contributed by atoms with Crippen LogP contribution in [0.15, 0.2) is 35.9 Å². The Morgan fingerprint density at radius 1 is 1.20 bits per heavy atom. The first-order valence-corrected chi connectivity index (χ1v) is 11.7. The van der Waals surface area contributed by atoms with Gasteiger partial charge in [0.25, 0.3) is 0 Å². The van der Waals surface area contributed by atoms with Gasteiger partial charge in [-0.25, -0.2) is 0 Å². The molecule has 4 nitrogen and oxygen atoms in total. The van der Waals surface area contributed by atoms with Crippen LogP contribution < -0.4 is 4.74 Å². The van der Waals surface area contributed by atoms with E-state index >= 15 is 0 Å². The average Bonchev–Trinajstić information content (AvgIpc) is 2.52. The van der Waals surface area contributed by atoms with Crippen LogP contribution in [0.1, 0.15) is 33.3 Å². The second-order valence-electron chi connectivity index (χ2n) is 7.99. The van der Waals surface area contributed by atoms with Gasteiger partial charge in [-0.05, 0) is 48.3 Å². The van der Waals surface area contributed by atoms with Gasteiger partial charge in [0.2, 0.25) is 0 Å². The highest BCUT2D eigenvalue weighted by Gasteiger charge is 2.37. The molecule has 0 heterocycles. The van der Waals surface area contributed by atoms with Crippen molar-refractivity contribution >= 4 is 8.32 Å². The Kier molecular flexibility index (Phi) is 8.34. The topological polar surface area (TPSA) is 47.9 Å². The van der Waals surface area contributed by atoms with Gasteiger partial charge in [-0.15, -0.1) is 0 Å². The molecule has 0 unspecified atom stereocenters. The standard InChI is InChI=1S/C20H34O4Si/c1-16(12-18(21)15-24-25(6,7)20(2,3)4)13-23-14-17-8-10-19(22-5)11-9-17/h8-12,18,21H,13-15H2,1-7H3/b16-12+/t18-/m0/s1. The zero-order chi connectivity index (χ0) is 19.1. The fraction of sp³-hybridized carbons (Fsp3) is 0.600. The van der Waals surface area contributed by atoms with Crippen LogP contribution in [-0.4, -0.2) is 39.9 Å². The van der Waals surface area contributed by atoms with E-state index in [1.54, 1.807) is 7.11 Å². The highest BCUT2D eigenvalue weighted by Crippen LogP contribution is 2.36. The molecule has 0 fully saturated rings. The smallest absolute Gasteiger partial charge is 0.192 e. The van der Waals surface area contributed by atoms with Crippen molar-refractivity contribution in [2.24, 2.45) is 0 Å². The highest BCUT2D eigenvalue weighted by molar-refractivity contribution is 6.74. The third-order valence-corrected chi connectivity index (χ3v) is 9.16. The van der Waals surface area contributed by atoms with Crippen LogP contribution in [0.5, 0.6) is 5.75 Å². The van der Waals surface area contributed by atoms with E-state index in [2.05, 4.69) is 33.9 Å². The Labute approximate surface area is 153 Å². The van der Waals surface area contributed by atoms with Crippen LogP contribution in [-0.2, 0) is 15.8 Å². The van der Waals surface area contributed by atoms with Crippen LogP contribution in [0.3, 0.4) is 0 Å². The van der Waals surface area contributed by atoms with Crippen molar-refractivity contribution < 1.29 is 19.0 Å². The van der Waals surface area contributed by atoms with Crippen molar-refractivity contribution in [3.63, 3.8) is 0 Å². The maximum atomic E-state index is 10.2. The Morgan fingerprint density at radius 2 is 1.80 bits per heavy atom. The third kappa shape index (κ3) is 7.73. The van der Waals surface area contributed by atoms with E-state index in [9.17, 15) is 5.11 Å². The van der Waals surface area contributed by atoms with Crippen molar-refractivity contribution in [3.8, 4) is 5.75 Å². The molecule has 0 radical (unpaired) electrons.